The molecule has 0 bridgehead atoms. The summed E-state index contributed by atoms with van der Waals surface area (Å²) < 4.78 is 0. The summed E-state index contributed by atoms with van der Waals surface area (Å²) in [5.41, 5.74) is 13.3. The molecule has 25 nitrogen and oxygen atoms in total. The van der Waals surface area contributed by atoms with Gasteiger partial charge in [-0.15, -0.1) is 0 Å². The second-order valence-corrected chi connectivity index (χ2v) is 17.1. The van der Waals surface area contributed by atoms with Crippen molar-refractivity contribution in [2.45, 2.75) is 120 Å². The van der Waals surface area contributed by atoms with E-state index in [0.717, 1.165) is 0 Å². The van der Waals surface area contributed by atoms with Crippen molar-refractivity contribution in [3.05, 3.63) is 71.9 Å². The lowest BCUT2D eigenvalue weighted by Gasteiger charge is -2.27. The van der Waals surface area contributed by atoms with Crippen molar-refractivity contribution < 1.29 is 73.2 Å². The van der Waals surface area contributed by atoms with Gasteiger partial charge in [-0.2, -0.15) is 0 Å². The molecule has 0 fully saturated rings. The van der Waals surface area contributed by atoms with Crippen LogP contribution in [0.15, 0.2) is 60.8 Å². The van der Waals surface area contributed by atoms with Gasteiger partial charge in [-0.25, -0.2) is 4.79 Å². The number of hydrogen-bond acceptors (Lipinski definition) is 13. The number of aromatic amines is 1. The van der Waals surface area contributed by atoms with Gasteiger partial charge in [0.05, 0.1) is 25.4 Å². The number of amides is 7. The van der Waals surface area contributed by atoms with E-state index in [1.165, 1.54) is 0 Å². The van der Waals surface area contributed by atoms with Crippen LogP contribution in [0.5, 0.6) is 0 Å². The fraction of sp³-hybridized carbons (Fsp3) is 0.468. The van der Waals surface area contributed by atoms with E-state index in [4.69, 9.17) is 16.6 Å². The lowest BCUT2D eigenvalue weighted by atomic mass is 9.98. The molecule has 0 aliphatic heterocycles. The molecule has 8 atom stereocenters. The largest absolute Gasteiger partial charge is 0.481 e. The van der Waals surface area contributed by atoms with Crippen LogP contribution in [0.25, 0.3) is 10.9 Å². The number of carbonyl (C=O) groups excluding carboxylic acids is 7. The normalized spacial score (nSPS) is 14.3. The maximum Gasteiger partial charge on any atom is 0.326 e. The SMILES string of the molecule is CC[C@H](C)[C@H](N)C(=O)N[C@@H](CC(=O)O)C(=O)N[C@@H](Cc1c[nH]c2ccccc12)C(=O)N[C@@H](Cc1ccccc1)C(=O)N[C@@H](CC(=O)O)C(=O)NCC(=O)N[C@@H](CCCCN)C(=O)N[C@@H](CCC(=O)O)C(=O)O. The zero-order valence-electron chi connectivity index (χ0n) is 39.8. The van der Waals surface area contributed by atoms with E-state index in [-0.39, 0.29) is 38.1 Å². The van der Waals surface area contributed by atoms with Crippen molar-refractivity contribution in [2.24, 2.45) is 17.4 Å². The van der Waals surface area contributed by atoms with Crippen LogP contribution in [0, 0.1) is 5.92 Å². The highest BCUT2D eigenvalue weighted by molar-refractivity contribution is 5.99. The van der Waals surface area contributed by atoms with E-state index >= 15 is 0 Å². The van der Waals surface area contributed by atoms with Crippen LogP contribution in [-0.2, 0) is 65.6 Å². The number of carboxylic acids is 4. The molecule has 25 heteroatoms. The standard InChI is InChI=1S/C47H64N10O15/c1-3-25(2)40(49)46(70)57-35(22-39(63)64)45(69)55-33(20-27-23-50-29-14-8-7-13-28(27)29)44(68)54-32(19-26-11-5-4-6-12-26)43(67)56-34(21-38(61)62)41(65)51-24-36(58)52-30(15-9-10-18-48)42(66)53-31(47(71)72)16-17-37(59)60/h4-8,11-14,23,25,30-35,40,50H,3,9-10,15-22,24,48-49H2,1-2H3,(H,51,65)(H,52,58)(H,53,66)(H,54,68)(H,55,69)(H,56,67)(H,57,70)(H,59,60)(H,61,62)(H,63,64)(H,71,72)/t25-,30-,31-,32-,33-,34-,35-,40-/m0/s1. The number of rotatable bonds is 32. The Bertz CT molecular complexity index is 2400. The third-order valence-electron chi connectivity index (χ3n) is 11.5. The molecule has 1 heterocycles. The molecule has 0 saturated heterocycles. The van der Waals surface area contributed by atoms with Gasteiger partial charge in [0.25, 0.3) is 0 Å². The van der Waals surface area contributed by atoms with Gasteiger partial charge in [-0.1, -0.05) is 68.8 Å². The number of unbranched alkanes of at least 4 members (excludes halogenated alkanes) is 1. The summed E-state index contributed by atoms with van der Waals surface area (Å²) in [5.74, 6) is -13.3. The van der Waals surface area contributed by atoms with Crippen molar-refractivity contribution in [3.8, 4) is 0 Å². The molecule has 0 aliphatic carbocycles. The van der Waals surface area contributed by atoms with Gasteiger partial charge < -0.3 is 74.1 Å². The van der Waals surface area contributed by atoms with Crippen LogP contribution >= 0.6 is 0 Å². The molecule has 2 aromatic carbocycles. The van der Waals surface area contributed by atoms with Gasteiger partial charge in [0.15, 0.2) is 0 Å². The number of hydrogen-bond donors (Lipinski definition) is 14. The van der Waals surface area contributed by atoms with Crippen molar-refractivity contribution >= 4 is 76.1 Å². The first-order valence-corrected chi connectivity index (χ1v) is 23.1. The first kappa shape index (κ1) is 58.4. The minimum absolute atomic E-state index is 0.0426. The zero-order chi connectivity index (χ0) is 53.5. The van der Waals surface area contributed by atoms with Crippen molar-refractivity contribution in [3.63, 3.8) is 0 Å². The molecule has 1 aromatic heterocycles. The van der Waals surface area contributed by atoms with Crippen LogP contribution in [0.3, 0.4) is 0 Å². The molecule has 392 valence electrons. The second kappa shape index (κ2) is 29.3. The minimum Gasteiger partial charge on any atom is -0.481 e. The molecular formula is C47H64N10O15. The number of carboxylic acid groups (broad SMARTS) is 4. The summed E-state index contributed by atoms with van der Waals surface area (Å²) in [5, 5.41) is 55.1. The highest BCUT2D eigenvalue weighted by atomic mass is 16.4. The topological polar surface area (TPSA) is 421 Å². The smallest absolute Gasteiger partial charge is 0.326 e. The Labute approximate surface area is 413 Å². The number of para-hydroxylation sites is 1. The Kier molecular flexibility index (Phi) is 23.8. The third kappa shape index (κ3) is 19.5. The molecular weight excluding hydrogens is 945 g/mol. The third-order valence-corrected chi connectivity index (χ3v) is 11.5. The molecule has 16 N–H and O–H groups in total. The average molecular weight is 1010 g/mol. The highest BCUT2D eigenvalue weighted by Crippen LogP contribution is 2.20. The molecule has 7 amide bonds. The van der Waals surface area contributed by atoms with Gasteiger partial charge in [0.2, 0.25) is 41.4 Å². The fourth-order valence-electron chi connectivity index (χ4n) is 7.25. The number of carbonyl (C=O) groups is 11. The summed E-state index contributed by atoms with van der Waals surface area (Å²) in [4.78, 5) is 145. The maximum absolute atomic E-state index is 14.5. The van der Waals surface area contributed by atoms with Crippen LogP contribution < -0.4 is 48.7 Å². The van der Waals surface area contributed by atoms with Gasteiger partial charge in [-0.3, -0.25) is 47.9 Å². The lowest BCUT2D eigenvalue weighted by molar-refractivity contribution is -0.143. The first-order valence-electron chi connectivity index (χ1n) is 23.1. The summed E-state index contributed by atoms with van der Waals surface area (Å²) >= 11 is 0. The zero-order valence-corrected chi connectivity index (χ0v) is 39.8. The predicted molar refractivity (Wildman–Crippen MR) is 256 cm³/mol. The number of nitrogens with one attached hydrogen (secondary N) is 8. The van der Waals surface area contributed by atoms with Gasteiger partial charge in [-0.05, 0) is 55.3 Å². The molecule has 72 heavy (non-hydrogen) atoms. The van der Waals surface area contributed by atoms with E-state index in [9.17, 15) is 68.1 Å². The number of benzene rings is 2. The molecule has 3 rings (SSSR count). The molecule has 0 radical (unpaired) electrons. The van der Waals surface area contributed by atoms with Gasteiger partial charge in [0, 0.05) is 36.4 Å². The summed E-state index contributed by atoms with van der Waals surface area (Å²) in [7, 11) is 0. The molecule has 0 aliphatic rings. The Morgan fingerprint density at radius 1 is 0.583 bits per heavy atom. The van der Waals surface area contributed by atoms with Crippen LogP contribution in [0.1, 0.15) is 76.3 Å². The number of aromatic nitrogens is 1. The monoisotopic (exact) mass is 1010 g/mol. The van der Waals surface area contributed by atoms with Crippen molar-refractivity contribution in [1.82, 2.24) is 42.2 Å². The van der Waals surface area contributed by atoms with E-state index in [1.54, 1.807) is 74.6 Å². The average Bonchev–Trinajstić information content (AvgIpc) is 3.74. The Morgan fingerprint density at radius 3 is 1.69 bits per heavy atom. The Morgan fingerprint density at radius 2 is 1.11 bits per heavy atom. The van der Waals surface area contributed by atoms with E-state index < -0.39 is 140 Å². The molecule has 0 spiro atoms. The van der Waals surface area contributed by atoms with Crippen LogP contribution in [-0.4, -0.2) is 146 Å². The summed E-state index contributed by atoms with van der Waals surface area (Å²) in [6.07, 6.45) is -0.748. The van der Waals surface area contributed by atoms with Crippen molar-refractivity contribution in [1.29, 1.82) is 0 Å². The van der Waals surface area contributed by atoms with E-state index in [0.29, 0.717) is 34.9 Å². The minimum atomic E-state index is -1.88. The Balaban J connectivity index is 1.90. The molecule has 0 saturated carbocycles. The van der Waals surface area contributed by atoms with E-state index in [1.807, 2.05) is 0 Å². The lowest BCUT2D eigenvalue weighted by Crippen LogP contribution is -2.60. The summed E-state index contributed by atoms with van der Waals surface area (Å²) in [6.45, 7) is 2.82. The quantitative estimate of drug-likeness (QED) is 0.0313. The van der Waals surface area contributed by atoms with Gasteiger partial charge in [0.1, 0.15) is 36.3 Å². The fourth-order valence-corrected chi connectivity index (χ4v) is 7.25. The van der Waals surface area contributed by atoms with Crippen LogP contribution in [0.2, 0.25) is 0 Å². The predicted octanol–water partition coefficient (Wildman–Crippen LogP) is -1.62. The Hall–Kier alpha value is -7.93. The highest BCUT2D eigenvalue weighted by Gasteiger charge is 2.35. The number of H-pyrrole nitrogens is 1. The van der Waals surface area contributed by atoms with Gasteiger partial charge >= 0.3 is 23.9 Å². The first-order chi connectivity index (χ1) is 34.1. The summed E-state index contributed by atoms with van der Waals surface area (Å²) in [6, 6.07) is 4.36. The number of nitrogens with two attached hydrogens (primary N) is 2. The van der Waals surface area contributed by atoms with Crippen LogP contribution in [0.4, 0.5) is 0 Å². The number of fused-ring (bicyclic) bond motifs is 1. The second-order valence-electron chi connectivity index (χ2n) is 17.1. The van der Waals surface area contributed by atoms with E-state index in [2.05, 4.69) is 42.2 Å². The number of aliphatic carboxylic acids is 4. The van der Waals surface area contributed by atoms with Crippen molar-refractivity contribution in [2.75, 3.05) is 13.1 Å². The maximum atomic E-state index is 14.5. The molecule has 3 aromatic rings. The molecule has 0 unspecified atom stereocenters.